The smallest absolute Gasteiger partial charge is 0.323 e. The molecule has 2 amide bonds. The Kier molecular flexibility index (Phi) is 7.34. The van der Waals surface area contributed by atoms with Gasteiger partial charge in [0.15, 0.2) is 0 Å². The molecule has 5 rings (SSSR count). The molecule has 1 saturated heterocycles. The third kappa shape index (κ3) is 6.04. The number of likely N-dealkylation sites (tertiary alicyclic amines) is 1. The molecule has 0 saturated carbocycles. The van der Waals surface area contributed by atoms with Crippen LogP contribution in [0.4, 0.5) is 21.9 Å². The molecule has 2 aliphatic rings. The number of nitrogens with zero attached hydrogens (tertiary/aromatic N) is 1. The lowest BCUT2D eigenvalue weighted by Crippen LogP contribution is -2.38. The van der Waals surface area contributed by atoms with Crippen LogP contribution in [0.5, 0.6) is 0 Å². The van der Waals surface area contributed by atoms with Gasteiger partial charge in [-0.3, -0.25) is 0 Å². The Morgan fingerprint density at radius 3 is 2.40 bits per heavy atom. The van der Waals surface area contributed by atoms with Gasteiger partial charge in [-0.05, 0) is 110 Å². The summed E-state index contributed by atoms with van der Waals surface area (Å²) < 4.78 is 0. The minimum absolute atomic E-state index is 0.203. The van der Waals surface area contributed by atoms with Crippen LogP contribution in [0, 0.1) is 5.92 Å². The summed E-state index contributed by atoms with van der Waals surface area (Å²) in [6, 6.07) is 24.6. The second kappa shape index (κ2) is 11.0. The zero-order chi connectivity index (χ0) is 24.0. The lowest BCUT2D eigenvalue weighted by Gasteiger charge is -2.36. The summed E-state index contributed by atoms with van der Waals surface area (Å²) in [7, 11) is 1.99. The molecule has 1 unspecified atom stereocenters. The molecule has 5 nitrogen and oxygen atoms in total. The Morgan fingerprint density at radius 2 is 1.60 bits per heavy atom. The van der Waals surface area contributed by atoms with Crippen LogP contribution in [0.1, 0.15) is 41.9 Å². The van der Waals surface area contributed by atoms with Crippen LogP contribution in [-0.2, 0) is 12.8 Å². The standard InChI is InChI=1S/C30H36N4O/c1-31-28-9-5-6-24(19-28)23-14-16-34(17-15-23)21-22-10-11-26-20-29(13-12-25(26)18-22)33-30(35)32-27-7-3-2-4-8-27/h2-9,12-13,19-20,22-23,31H,10-11,14-18,21H2,1H3,(H2,32,33,35). The average molecular weight is 469 g/mol. The van der Waals surface area contributed by atoms with Crippen LogP contribution in [0.25, 0.3) is 0 Å². The Morgan fingerprint density at radius 1 is 0.829 bits per heavy atom. The molecular weight excluding hydrogens is 432 g/mol. The minimum atomic E-state index is -0.203. The normalized spacial score (nSPS) is 18.5. The van der Waals surface area contributed by atoms with E-state index >= 15 is 0 Å². The van der Waals surface area contributed by atoms with Gasteiger partial charge in [0.25, 0.3) is 0 Å². The van der Waals surface area contributed by atoms with E-state index < -0.39 is 0 Å². The summed E-state index contributed by atoms with van der Waals surface area (Å²) >= 11 is 0. The SMILES string of the molecule is CNc1cccc(C2CCN(CC3CCc4cc(NC(=O)Nc5ccccc5)ccc4C3)CC2)c1. The molecule has 1 atom stereocenters. The van der Waals surface area contributed by atoms with Crippen LogP contribution in [-0.4, -0.2) is 37.6 Å². The molecule has 3 N–H and O–H groups in total. The number of piperidine rings is 1. The first-order chi connectivity index (χ1) is 17.2. The van der Waals surface area contributed by atoms with Crippen molar-refractivity contribution in [3.8, 4) is 0 Å². The highest BCUT2D eigenvalue weighted by molar-refractivity contribution is 5.99. The fourth-order valence-electron chi connectivity index (χ4n) is 5.64. The number of hydrogen-bond donors (Lipinski definition) is 3. The van der Waals surface area contributed by atoms with Gasteiger partial charge in [-0.2, -0.15) is 0 Å². The molecule has 182 valence electrons. The molecule has 0 aromatic heterocycles. The Hall–Kier alpha value is -3.31. The largest absolute Gasteiger partial charge is 0.388 e. The summed E-state index contributed by atoms with van der Waals surface area (Å²) in [4.78, 5) is 15.0. The highest BCUT2D eigenvalue weighted by atomic mass is 16.2. The quantitative estimate of drug-likeness (QED) is 0.395. The number of carbonyl (C=O) groups excluding carboxylic acids is 1. The molecule has 3 aromatic rings. The van der Waals surface area contributed by atoms with E-state index in [0.717, 1.165) is 24.2 Å². The number of urea groups is 1. The molecule has 1 aliphatic heterocycles. The van der Waals surface area contributed by atoms with Crippen molar-refractivity contribution in [1.82, 2.24) is 4.90 Å². The topological polar surface area (TPSA) is 56.4 Å². The lowest BCUT2D eigenvalue weighted by atomic mass is 9.82. The predicted octanol–water partition coefficient (Wildman–Crippen LogP) is 6.36. The zero-order valence-corrected chi connectivity index (χ0v) is 20.6. The van der Waals surface area contributed by atoms with E-state index in [0.29, 0.717) is 11.8 Å². The number of para-hydroxylation sites is 1. The number of hydrogen-bond acceptors (Lipinski definition) is 3. The fraction of sp³-hybridized carbons (Fsp3) is 0.367. The molecular formula is C30H36N4O. The van der Waals surface area contributed by atoms with E-state index in [2.05, 4.69) is 57.2 Å². The molecule has 1 fully saturated rings. The third-order valence-electron chi connectivity index (χ3n) is 7.58. The van der Waals surface area contributed by atoms with Crippen molar-refractivity contribution in [3.05, 3.63) is 89.5 Å². The van der Waals surface area contributed by atoms with E-state index in [1.807, 2.05) is 43.4 Å². The van der Waals surface area contributed by atoms with Crippen molar-refractivity contribution in [3.63, 3.8) is 0 Å². The number of nitrogens with one attached hydrogen (secondary N) is 3. The maximum absolute atomic E-state index is 12.3. The number of carbonyl (C=O) groups is 1. The summed E-state index contributed by atoms with van der Waals surface area (Å²) in [5, 5.41) is 9.13. The Labute approximate surface area is 208 Å². The van der Waals surface area contributed by atoms with E-state index in [1.165, 1.54) is 61.3 Å². The number of anilines is 3. The zero-order valence-electron chi connectivity index (χ0n) is 20.6. The van der Waals surface area contributed by atoms with Crippen molar-refractivity contribution < 1.29 is 4.79 Å². The van der Waals surface area contributed by atoms with Crippen LogP contribution < -0.4 is 16.0 Å². The third-order valence-corrected chi connectivity index (χ3v) is 7.58. The number of fused-ring (bicyclic) bond motifs is 1. The number of aryl methyl sites for hydroxylation is 1. The predicted molar refractivity (Wildman–Crippen MR) is 145 cm³/mol. The summed E-state index contributed by atoms with van der Waals surface area (Å²) in [5.41, 5.74) is 7.16. The summed E-state index contributed by atoms with van der Waals surface area (Å²) in [6.45, 7) is 3.58. The molecule has 3 aromatic carbocycles. The van der Waals surface area contributed by atoms with E-state index in [9.17, 15) is 4.79 Å². The molecule has 0 bridgehead atoms. The van der Waals surface area contributed by atoms with Crippen LogP contribution in [0.15, 0.2) is 72.8 Å². The van der Waals surface area contributed by atoms with Crippen LogP contribution in [0.2, 0.25) is 0 Å². The average Bonchev–Trinajstić information content (AvgIpc) is 2.90. The van der Waals surface area contributed by atoms with Crippen molar-refractivity contribution in [2.45, 2.75) is 38.0 Å². The van der Waals surface area contributed by atoms with Gasteiger partial charge in [-0.25, -0.2) is 4.79 Å². The van der Waals surface area contributed by atoms with Gasteiger partial charge in [0, 0.05) is 30.7 Å². The van der Waals surface area contributed by atoms with Crippen molar-refractivity contribution in [2.75, 3.05) is 42.6 Å². The highest BCUT2D eigenvalue weighted by Crippen LogP contribution is 2.32. The van der Waals surface area contributed by atoms with E-state index in [1.54, 1.807) is 0 Å². The van der Waals surface area contributed by atoms with Gasteiger partial charge >= 0.3 is 6.03 Å². The summed E-state index contributed by atoms with van der Waals surface area (Å²) in [6.07, 6.45) is 5.93. The van der Waals surface area contributed by atoms with Gasteiger partial charge in [0.05, 0.1) is 0 Å². The lowest BCUT2D eigenvalue weighted by molar-refractivity contribution is 0.175. The van der Waals surface area contributed by atoms with Gasteiger partial charge < -0.3 is 20.9 Å². The Balaban J connectivity index is 1.11. The maximum Gasteiger partial charge on any atom is 0.323 e. The maximum atomic E-state index is 12.3. The first-order valence-electron chi connectivity index (χ1n) is 12.9. The number of amides is 2. The fourth-order valence-corrected chi connectivity index (χ4v) is 5.64. The molecule has 5 heteroatoms. The molecule has 1 heterocycles. The van der Waals surface area contributed by atoms with Gasteiger partial charge in [-0.15, -0.1) is 0 Å². The second-order valence-electron chi connectivity index (χ2n) is 9.99. The number of benzene rings is 3. The summed E-state index contributed by atoms with van der Waals surface area (Å²) in [5.74, 6) is 1.39. The van der Waals surface area contributed by atoms with Crippen LogP contribution in [0.3, 0.4) is 0 Å². The highest BCUT2D eigenvalue weighted by Gasteiger charge is 2.25. The monoisotopic (exact) mass is 468 g/mol. The first kappa shape index (κ1) is 23.4. The molecule has 0 spiro atoms. The van der Waals surface area contributed by atoms with Crippen molar-refractivity contribution >= 4 is 23.1 Å². The van der Waals surface area contributed by atoms with Gasteiger partial charge in [0.2, 0.25) is 0 Å². The van der Waals surface area contributed by atoms with Gasteiger partial charge in [0.1, 0.15) is 0 Å². The van der Waals surface area contributed by atoms with Crippen molar-refractivity contribution in [1.29, 1.82) is 0 Å². The first-order valence-corrected chi connectivity index (χ1v) is 12.9. The molecule has 1 aliphatic carbocycles. The van der Waals surface area contributed by atoms with E-state index in [-0.39, 0.29) is 6.03 Å². The van der Waals surface area contributed by atoms with Crippen LogP contribution >= 0.6 is 0 Å². The van der Waals surface area contributed by atoms with Crippen molar-refractivity contribution in [2.24, 2.45) is 5.92 Å². The van der Waals surface area contributed by atoms with Gasteiger partial charge in [-0.1, -0.05) is 36.4 Å². The Bertz CT molecular complexity index is 1140. The second-order valence-corrected chi connectivity index (χ2v) is 9.99. The number of rotatable bonds is 6. The minimum Gasteiger partial charge on any atom is -0.388 e. The molecule has 0 radical (unpaired) electrons. The molecule has 35 heavy (non-hydrogen) atoms. The van der Waals surface area contributed by atoms with E-state index in [4.69, 9.17) is 0 Å².